The number of halogens is 2. The van der Waals surface area contributed by atoms with Crippen LogP contribution in [0.4, 0.5) is 8.78 Å². The number of carbonyl (C=O) groups is 1. The highest BCUT2D eigenvalue weighted by Crippen LogP contribution is 2.33. The zero-order valence-corrected chi connectivity index (χ0v) is 16.2. The summed E-state index contributed by atoms with van der Waals surface area (Å²) in [7, 11) is 0. The number of amides is 1. The Balaban J connectivity index is 1.23. The first-order valence-electron chi connectivity index (χ1n) is 10.4. The van der Waals surface area contributed by atoms with Gasteiger partial charge in [-0.15, -0.1) is 0 Å². The Labute approximate surface area is 165 Å². The molecular formula is C21H29F2N3O2. The van der Waals surface area contributed by atoms with Crippen LogP contribution in [-0.2, 0) is 16.1 Å². The number of rotatable bonds is 6. The van der Waals surface area contributed by atoms with Gasteiger partial charge >= 0.3 is 0 Å². The Morgan fingerprint density at radius 1 is 1.14 bits per heavy atom. The number of likely N-dealkylation sites (tertiary alicyclic amines) is 2. The van der Waals surface area contributed by atoms with Crippen LogP contribution in [0.1, 0.15) is 31.2 Å². The van der Waals surface area contributed by atoms with E-state index >= 15 is 0 Å². The van der Waals surface area contributed by atoms with Gasteiger partial charge in [-0.1, -0.05) is 6.07 Å². The number of nitrogens with one attached hydrogen (secondary N) is 1. The number of carbonyl (C=O) groups excluding carboxylic acids is 1. The zero-order chi connectivity index (χ0) is 19.5. The SMILES string of the molecule is O=C(NCCN1CCCC1)[C@H]1C[C@@H]2CCN(Cc3ccc(F)c(F)c3)C[C@@H]2O1. The summed E-state index contributed by atoms with van der Waals surface area (Å²) >= 11 is 0. The summed E-state index contributed by atoms with van der Waals surface area (Å²) < 4.78 is 32.6. The molecule has 3 aliphatic heterocycles. The lowest BCUT2D eigenvalue weighted by molar-refractivity contribution is -0.132. The summed E-state index contributed by atoms with van der Waals surface area (Å²) in [4.78, 5) is 17.0. The molecule has 0 radical (unpaired) electrons. The molecule has 7 heteroatoms. The first kappa shape index (κ1) is 19.7. The second-order valence-electron chi connectivity index (χ2n) is 8.27. The molecule has 1 aromatic rings. The third-order valence-corrected chi connectivity index (χ3v) is 6.24. The Bertz CT molecular complexity index is 696. The Hall–Kier alpha value is -1.57. The molecule has 0 aromatic heterocycles. The van der Waals surface area contributed by atoms with Gasteiger partial charge in [0.25, 0.3) is 0 Å². The third kappa shape index (κ3) is 4.70. The zero-order valence-electron chi connectivity index (χ0n) is 16.2. The molecule has 0 saturated carbocycles. The number of hydrogen-bond acceptors (Lipinski definition) is 4. The molecule has 1 aromatic carbocycles. The van der Waals surface area contributed by atoms with E-state index in [0.29, 0.717) is 19.0 Å². The number of nitrogens with zero attached hydrogens (tertiary/aromatic N) is 2. The number of fused-ring (bicyclic) bond motifs is 1. The van der Waals surface area contributed by atoms with Crippen LogP contribution in [-0.4, -0.2) is 67.2 Å². The minimum atomic E-state index is -0.819. The summed E-state index contributed by atoms with van der Waals surface area (Å²) in [6.07, 6.45) is 3.92. The average molecular weight is 393 g/mol. The van der Waals surface area contributed by atoms with Gasteiger partial charge in [-0.3, -0.25) is 9.69 Å². The highest BCUT2D eigenvalue weighted by molar-refractivity contribution is 5.81. The minimum absolute atomic E-state index is 0.000697. The smallest absolute Gasteiger partial charge is 0.249 e. The highest BCUT2D eigenvalue weighted by Gasteiger charge is 2.41. The van der Waals surface area contributed by atoms with E-state index in [1.54, 1.807) is 6.07 Å². The van der Waals surface area contributed by atoms with Crippen LogP contribution < -0.4 is 5.32 Å². The molecule has 3 atom stereocenters. The normalized spacial score (nSPS) is 28.4. The molecule has 1 amide bonds. The van der Waals surface area contributed by atoms with E-state index in [1.807, 2.05) is 0 Å². The molecule has 0 bridgehead atoms. The summed E-state index contributed by atoms with van der Waals surface area (Å²) in [5.74, 6) is -1.23. The van der Waals surface area contributed by atoms with Crippen molar-refractivity contribution in [1.29, 1.82) is 0 Å². The molecule has 3 fully saturated rings. The molecule has 1 N–H and O–H groups in total. The number of ether oxygens (including phenoxy) is 1. The monoisotopic (exact) mass is 393 g/mol. The Morgan fingerprint density at radius 2 is 1.96 bits per heavy atom. The highest BCUT2D eigenvalue weighted by atomic mass is 19.2. The lowest BCUT2D eigenvalue weighted by Crippen LogP contribution is -2.42. The summed E-state index contributed by atoms with van der Waals surface area (Å²) in [6.45, 7) is 6.02. The van der Waals surface area contributed by atoms with Crippen molar-refractivity contribution in [2.75, 3.05) is 39.3 Å². The molecular weight excluding hydrogens is 364 g/mol. The first-order valence-corrected chi connectivity index (χ1v) is 10.4. The molecule has 154 valence electrons. The van der Waals surface area contributed by atoms with Crippen molar-refractivity contribution >= 4 is 5.91 Å². The van der Waals surface area contributed by atoms with Crippen molar-refractivity contribution in [1.82, 2.24) is 15.1 Å². The van der Waals surface area contributed by atoms with Crippen LogP contribution in [0.5, 0.6) is 0 Å². The van der Waals surface area contributed by atoms with Crippen LogP contribution in [0.3, 0.4) is 0 Å². The van der Waals surface area contributed by atoms with Gasteiger partial charge in [-0.05, 0) is 68.9 Å². The van der Waals surface area contributed by atoms with Gasteiger partial charge in [-0.2, -0.15) is 0 Å². The second-order valence-corrected chi connectivity index (χ2v) is 8.27. The van der Waals surface area contributed by atoms with Crippen molar-refractivity contribution < 1.29 is 18.3 Å². The quantitative estimate of drug-likeness (QED) is 0.805. The molecule has 3 heterocycles. The minimum Gasteiger partial charge on any atom is -0.364 e. The van der Waals surface area contributed by atoms with Crippen molar-refractivity contribution in [3.63, 3.8) is 0 Å². The van der Waals surface area contributed by atoms with E-state index in [9.17, 15) is 13.6 Å². The largest absolute Gasteiger partial charge is 0.364 e. The molecule has 0 spiro atoms. The van der Waals surface area contributed by atoms with E-state index in [4.69, 9.17) is 4.74 Å². The summed E-state index contributed by atoms with van der Waals surface area (Å²) in [5.41, 5.74) is 0.756. The van der Waals surface area contributed by atoms with E-state index in [-0.39, 0.29) is 18.1 Å². The lowest BCUT2D eigenvalue weighted by atomic mass is 9.91. The maximum Gasteiger partial charge on any atom is 0.249 e. The number of benzene rings is 1. The fourth-order valence-corrected chi connectivity index (χ4v) is 4.66. The van der Waals surface area contributed by atoms with Gasteiger partial charge in [0.15, 0.2) is 11.6 Å². The fraction of sp³-hybridized carbons (Fsp3) is 0.667. The van der Waals surface area contributed by atoms with E-state index in [2.05, 4.69) is 15.1 Å². The van der Waals surface area contributed by atoms with Crippen LogP contribution in [0, 0.1) is 17.6 Å². The summed E-state index contributed by atoms with van der Waals surface area (Å²) in [6, 6.07) is 4.05. The second kappa shape index (κ2) is 8.84. The standard InChI is InChI=1S/C21H29F2N3O2/c22-17-4-3-15(11-18(17)23)13-26-9-5-16-12-19(28-20(16)14-26)21(27)24-6-10-25-7-1-2-8-25/h3-4,11,16,19-20H,1-2,5-10,12-14H2,(H,24,27)/t16-,19+,20-/m0/s1. The Kier molecular flexibility index (Phi) is 6.23. The van der Waals surface area contributed by atoms with Crippen molar-refractivity contribution in [3.05, 3.63) is 35.4 Å². The predicted octanol–water partition coefficient (Wildman–Crippen LogP) is 2.16. The van der Waals surface area contributed by atoms with Gasteiger partial charge in [0, 0.05) is 26.2 Å². The maximum absolute atomic E-state index is 13.4. The fourth-order valence-electron chi connectivity index (χ4n) is 4.66. The van der Waals surface area contributed by atoms with Crippen LogP contribution >= 0.6 is 0 Å². The molecule has 0 aliphatic carbocycles. The van der Waals surface area contributed by atoms with E-state index < -0.39 is 11.6 Å². The van der Waals surface area contributed by atoms with Gasteiger partial charge in [0.05, 0.1) is 6.10 Å². The predicted molar refractivity (Wildman–Crippen MR) is 102 cm³/mol. The topological polar surface area (TPSA) is 44.8 Å². The van der Waals surface area contributed by atoms with Gasteiger partial charge in [0.2, 0.25) is 5.91 Å². The summed E-state index contributed by atoms with van der Waals surface area (Å²) in [5, 5.41) is 3.03. The van der Waals surface area contributed by atoms with Gasteiger partial charge < -0.3 is 15.0 Å². The molecule has 5 nitrogen and oxygen atoms in total. The average Bonchev–Trinajstić information content (AvgIpc) is 3.34. The van der Waals surface area contributed by atoms with Crippen molar-refractivity contribution in [2.24, 2.45) is 5.92 Å². The number of hydrogen-bond donors (Lipinski definition) is 1. The maximum atomic E-state index is 13.4. The molecule has 3 aliphatic rings. The van der Waals surface area contributed by atoms with Gasteiger partial charge in [0.1, 0.15) is 6.10 Å². The molecule has 3 saturated heterocycles. The molecule has 28 heavy (non-hydrogen) atoms. The molecule has 4 rings (SSSR count). The first-order chi connectivity index (χ1) is 13.6. The van der Waals surface area contributed by atoms with Crippen LogP contribution in [0.15, 0.2) is 18.2 Å². The van der Waals surface area contributed by atoms with Crippen LogP contribution in [0.25, 0.3) is 0 Å². The third-order valence-electron chi connectivity index (χ3n) is 6.24. The molecule has 0 unspecified atom stereocenters. The number of piperidine rings is 1. The van der Waals surface area contributed by atoms with Crippen molar-refractivity contribution in [3.8, 4) is 0 Å². The lowest BCUT2D eigenvalue weighted by Gasteiger charge is -2.34. The van der Waals surface area contributed by atoms with Crippen molar-refractivity contribution in [2.45, 2.75) is 44.4 Å². The van der Waals surface area contributed by atoms with Crippen LogP contribution in [0.2, 0.25) is 0 Å². The van der Waals surface area contributed by atoms with E-state index in [0.717, 1.165) is 51.1 Å². The van der Waals surface area contributed by atoms with Gasteiger partial charge in [-0.25, -0.2) is 8.78 Å². The van der Waals surface area contributed by atoms with E-state index in [1.165, 1.54) is 25.0 Å². The Morgan fingerprint density at radius 3 is 2.75 bits per heavy atom.